The van der Waals surface area contributed by atoms with E-state index in [0.29, 0.717) is 13.2 Å². The molecule has 1 heterocycles. The minimum absolute atomic E-state index is 0.607. The summed E-state index contributed by atoms with van der Waals surface area (Å²) < 4.78 is 5.05. The SMILES string of the molecule is C=CCN(CCOC)c1ccc(/C=C/C(=O)O)cn1. The second-order valence-electron chi connectivity index (χ2n) is 3.85. The Labute approximate surface area is 112 Å². The second kappa shape index (κ2) is 8.05. The molecular weight excluding hydrogens is 244 g/mol. The quantitative estimate of drug-likeness (QED) is 0.572. The molecule has 0 bridgehead atoms. The van der Waals surface area contributed by atoms with Gasteiger partial charge in [0, 0.05) is 32.5 Å². The third-order valence-electron chi connectivity index (χ3n) is 2.43. The number of nitrogens with zero attached hydrogens (tertiary/aromatic N) is 2. The maximum absolute atomic E-state index is 10.4. The molecule has 0 atom stereocenters. The van der Waals surface area contributed by atoms with E-state index in [-0.39, 0.29) is 0 Å². The van der Waals surface area contributed by atoms with Gasteiger partial charge in [0.05, 0.1) is 6.61 Å². The number of carbonyl (C=O) groups is 1. The summed E-state index contributed by atoms with van der Waals surface area (Å²) in [4.78, 5) is 16.7. The van der Waals surface area contributed by atoms with Gasteiger partial charge in [-0.3, -0.25) is 0 Å². The van der Waals surface area contributed by atoms with E-state index in [4.69, 9.17) is 9.84 Å². The van der Waals surface area contributed by atoms with Crippen LogP contribution in [0.3, 0.4) is 0 Å². The average Bonchev–Trinajstić information content (AvgIpc) is 2.42. The van der Waals surface area contributed by atoms with E-state index < -0.39 is 5.97 Å². The number of aromatic nitrogens is 1. The van der Waals surface area contributed by atoms with Crippen LogP contribution in [0, 0.1) is 0 Å². The van der Waals surface area contributed by atoms with Crippen molar-refractivity contribution in [3.05, 3.63) is 42.6 Å². The number of rotatable bonds is 8. The van der Waals surface area contributed by atoms with Gasteiger partial charge >= 0.3 is 5.97 Å². The van der Waals surface area contributed by atoms with Crippen LogP contribution < -0.4 is 4.90 Å². The highest BCUT2D eigenvalue weighted by molar-refractivity contribution is 5.85. The van der Waals surface area contributed by atoms with Crippen molar-refractivity contribution in [3.63, 3.8) is 0 Å². The lowest BCUT2D eigenvalue weighted by Crippen LogP contribution is -2.28. The van der Waals surface area contributed by atoms with E-state index in [9.17, 15) is 4.79 Å². The molecule has 0 aliphatic carbocycles. The summed E-state index contributed by atoms with van der Waals surface area (Å²) in [7, 11) is 1.65. The van der Waals surface area contributed by atoms with Crippen molar-refractivity contribution >= 4 is 17.9 Å². The van der Waals surface area contributed by atoms with Gasteiger partial charge in [0.25, 0.3) is 0 Å². The van der Waals surface area contributed by atoms with Crippen molar-refractivity contribution in [2.24, 2.45) is 0 Å². The number of anilines is 1. The largest absolute Gasteiger partial charge is 0.478 e. The minimum Gasteiger partial charge on any atom is -0.478 e. The number of aliphatic carboxylic acids is 1. The first kappa shape index (κ1) is 14.9. The van der Waals surface area contributed by atoms with Crippen LogP contribution in [0.2, 0.25) is 0 Å². The Hall–Kier alpha value is -2.14. The molecule has 0 aliphatic heterocycles. The molecule has 0 aliphatic rings. The van der Waals surface area contributed by atoms with Gasteiger partial charge in [0.2, 0.25) is 0 Å². The summed E-state index contributed by atoms with van der Waals surface area (Å²) in [6.45, 7) is 5.72. The van der Waals surface area contributed by atoms with Crippen LogP contribution in [-0.4, -0.2) is 42.9 Å². The van der Waals surface area contributed by atoms with Gasteiger partial charge < -0.3 is 14.7 Å². The van der Waals surface area contributed by atoms with E-state index in [1.54, 1.807) is 19.4 Å². The molecule has 0 saturated carbocycles. The van der Waals surface area contributed by atoms with Crippen molar-refractivity contribution in [1.82, 2.24) is 4.98 Å². The number of carboxylic acid groups (broad SMARTS) is 1. The van der Waals surface area contributed by atoms with Gasteiger partial charge in [-0.1, -0.05) is 6.08 Å². The highest BCUT2D eigenvalue weighted by Gasteiger charge is 2.05. The molecule has 1 N–H and O–H groups in total. The van der Waals surface area contributed by atoms with Crippen LogP contribution in [0.1, 0.15) is 5.56 Å². The van der Waals surface area contributed by atoms with Crippen LogP contribution in [0.5, 0.6) is 0 Å². The second-order valence-corrected chi connectivity index (χ2v) is 3.85. The zero-order valence-corrected chi connectivity index (χ0v) is 11.0. The number of hydrogen-bond donors (Lipinski definition) is 1. The number of carboxylic acids is 1. The van der Waals surface area contributed by atoms with Crippen molar-refractivity contribution in [3.8, 4) is 0 Å². The van der Waals surface area contributed by atoms with E-state index in [0.717, 1.165) is 24.0 Å². The number of hydrogen-bond acceptors (Lipinski definition) is 4. The van der Waals surface area contributed by atoms with Gasteiger partial charge in [0.15, 0.2) is 0 Å². The molecular formula is C14H18N2O3. The van der Waals surface area contributed by atoms with Crippen molar-refractivity contribution in [2.75, 3.05) is 31.7 Å². The summed E-state index contributed by atoms with van der Waals surface area (Å²) in [6, 6.07) is 3.67. The van der Waals surface area contributed by atoms with Crippen molar-refractivity contribution in [2.45, 2.75) is 0 Å². The zero-order valence-electron chi connectivity index (χ0n) is 11.0. The third-order valence-corrected chi connectivity index (χ3v) is 2.43. The highest BCUT2D eigenvalue weighted by atomic mass is 16.5. The van der Waals surface area contributed by atoms with E-state index in [2.05, 4.69) is 11.6 Å². The van der Waals surface area contributed by atoms with Crippen LogP contribution in [0.4, 0.5) is 5.82 Å². The molecule has 19 heavy (non-hydrogen) atoms. The van der Waals surface area contributed by atoms with Gasteiger partial charge in [-0.2, -0.15) is 0 Å². The molecule has 0 unspecified atom stereocenters. The average molecular weight is 262 g/mol. The predicted octanol–water partition coefficient (Wildman–Crippen LogP) is 1.82. The Morgan fingerprint density at radius 1 is 1.58 bits per heavy atom. The fourth-order valence-corrected chi connectivity index (χ4v) is 1.51. The zero-order chi connectivity index (χ0) is 14.1. The van der Waals surface area contributed by atoms with Gasteiger partial charge in [-0.05, 0) is 23.8 Å². The van der Waals surface area contributed by atoms with Gasteiger partial charge in [-0.15, -0.1) is 6.58 Å². The van der Waals surface area contributed by atoms with Crippen LogP contribution in [-0.2, 0) is 9.53 Å². The lowest BCUT2D eigenvalue weighted by Gasteiger charge is -2.21. The molecule has 0 fully saturated rings. The molecule has 0 aromatic carbocycles. The lowest BCUT2D eigenvalue weighted by molar-refractivity contribution is -0.131. The van der Waals surface area contributed by atoms with Crippen LogP contribution >= 0.6 is 0 Å². The standard InChI is InChI=1S/C14H18N2O3/c1-3-8-16(9-10-19-2)13-6-4-12(11-15-13)5-7-14(17)18/h3-7,11H,1,8-10H2,2H3,(H,17,18)/b7-5+. The van der Waals surface area contributed by atoms with Crippen molar-refractivity contribution < 1.29 is 14.6 Å². The van der Waals surface area contributed by atoms with E-state index in [1.807, 2.05) is 17.0 Å². The molecule has 0 amide bonds. The number of pyridine rings is 1. The lowest BCUT2D eigenvalue weighted by atomic mass is 10.2. The maximum Gasteiger partial charge on any atom is 0.328 e. The fraction of sp³-hybridized carbons (Fsp3) is 0.286. The first-order chi connectivity index (χ1) is 9.17. The maximum atomic E-state index is 10.4. The summed E-state index contributed by atoms with van der Waals surface area (Å²) in [5.41, 5.74) is 0.747. The summed E-state index contributed by atoms with van der Waals surface area (Å²) in [5, 5.41) is 8.54. The fourth-order valence-electron chi connectivity index (χ4n) is 1.51. The first-order valence-electron chi connectivity index (χ1n) is 5.89. The topological polar surface area (TPSA) is 62.7 Å². The molecule has 0 saturated heterocycles. The summed E-state index contributed by atoms with van der Waals surface area (Å²) in [6.07, 6.45) is 6.03. The van der Waals surface area contributed by atoms with Gasteiger partial charge in [0.1, 0.15) is 5.82 Å². The molecule has 0 radical (unpaired) electrons. The van der Waals surface area contributed by atoms with Crippen molar-refractivity contribution in [1.29, 1.82) is 0 Å². The molecule has 102 valence electrons. The van der Waals surface area contributed by atoms with Gasteiger partial charge in [-0.25, -0.2) is 9.78 Å². The molecule has 0 spiro atoms. The Kier molecular flexibility index (Phi) is 6.32. The van der Waals surface area contributed by atoms with E-state index >= 15 is 0 Å². The molecule has 1 rings (SSSR count). The normalized spacial score (nSPS) is 10.6. The van der Waals surface area contributed by atoms with E-state index in [1.165, 1.54) is 6.08 Å². The van der Waals surface area contributed by atoms with Crippen LogP contribution in [0.25, 0.3) is 6.08 Å². The summed E-state index contributed by atoms with van der Waals surface area (Å²) in [5.74, 6) is -0.165. The molecule has 5 heteroatoms. The number of ether oxygens (including phenoxy) is 1. The predicted molar refractivity (Wildman–Crippen MR) is 75.2 cm³/mol. The molecule has 5 nitrogen and oxygen atoms in total. The minimum atomic E-state index is -0.975. The number of methoxy groups -OCH3 is 1. The Bertz CT molecular complexity index is 441. The third kappa shape index (κ3) is 5.35. The Morgan fingerprint density at radius 2 is 2.37 bits per heavy atom. The Balaban J connectivity index is 2.76. The molecule has 1 aromatic heterocycles. The monoisotopic (exact) mass is 262 g/mol. The summed E-state index contributed by atoms with van der Waals surface area (Å²) >= 11 is 0. The smallest absolute Gasteiger partial charge is 0.328 e. The molecule has 1 aromatic rings. The van der Waals surface area contributed by atoms with Crippen LogP contribution in [0.15, 0.2) is 37.1 Å². The highest BCUT2D eigenvalue weighted by Crippen LogP contribution is 2.12. The Morgan fingerprint density at radius 3 is 2.89 bits per heavy atom. The first-order valence-corrected chi connectivity index (χ1v) is 5.89.